The van der Waals surface area contributed by atoms with Crippen molar-refractivity contribution in [1.29, 1.82) is 0 Å². The van der Waals surface area contributed by atoms with Crippen molar-refractivity contribution in [3.05, 3.63) is 18.2 Å². The van der Waals surface area contributed by atoms with Crippen molar-refractivity contribution < 1.29 is 17.9 Å². The molecule has 2 N–H and O–H groups in total. The van der Waals surface area contributed by atoms with E-state index in [2.05, 4.69) is 0 Å². The molecular weight excluding hydrogens is 292 g/mol. The Hall–Kier alpha value is -1.31. The van der Waals surface area contributed by atoms with Crippen molar-refractivity contribution >= 4 is 10.0 Å². The maximum absolute atomic E-state index is 12.8. The molecule has 1 unspecified atom stereocenters. The molecule has 0 aromatic heterocycles. The molecule has 0 amide bonds. The molecule has 1 atom stereocenters. The maximum atomic E-state index is 12.8. The van der Waals surface area contributed by atoms with Gasteiger partial charge in [0.25, 0.3) is 0 Å². The standard InChI is InChI=1S/C14H22N2O4S/c1-19-13-7-6-12(9-14(13)20-2)21(17,18)16-8-4-3-5-11(16)10-15/h6-7,9,11H,3-5,8,10,15H2,1-2H3. The van der Waals surface area contributed by atoms with Gasteiger partial charge in [-0.15, -0.1) is 0 Å². The highest BCUT2D eigenvalue weighted by molar-refractivity contribution is 7.89. The minimum Gasteiger partial charge on any atom is -0.493 e. The van der Waals surface area contributed by atoms with Gasteiger partial charge < -0.3 is 15.2 Å². The highest BCUT2D eigenvalue weighted by atomic mass is 32.2. The molecule has 0 saturated carbocycles. The van der Waals surface area contributed by atoms with Gasteiger partial charge in [-0.05, 0) is 25.0 Å². The van der Waals surface area contributed by atoms with Gasteiger partial charge in [0.2, 0.25) is 10.0 Å². The van der Waals surface area contributed by atoms with Gasteiger partial charge in [-0.1, -0.05) is 6.42 Å². The summed E-state index contributed by atoms with van der Waals surface area (Å²) < 4.78 is 37.4. The first-order valence-electron chi connectivity index (χ1n) is 6.98. The van der Waals surface area contributed by atoms with E-state index in [1.165, 1.54) is 24.6 Å². The highest BCUT2D eigenvalue weighted by Gasteiger charge is 2.33. The van der Waals surface area contributed by atoms with E-state index in [0.29, 0.717) is 24.6 Å². The van der Waals surface area contributed by atoms with Gasteiger partial charge in [0.1, 0.15) is 0 Å². The summed E-state index contributed by atoms with van der Waals surface area (Å²) in [6, 6.07) is 4.51. The number of rotatable bonds is 5. The first kappa shape index (κ1) is 16.1. The third-order valence-corrected chi connectivity index (χ3v) is 5.75. The fourth-order valence-corrected chi connectivity index (χ4v) is 4.36. The summed E-state index contributed by atoms with van der Waals surface area (Å²) in [5, 5.41) is 0. The number of hydrogen-bond acceptors (Lipinski definition) is 5. The topological polar surface area (TPSA) is 81.9 Å². The average molecular weight is 314 g/mol. The van der Waals surface area contributed by atoms with Crippen LogP contribution in [0.4, 0.5) is 0 Å². The van der Waals surface area contributed by atoms with Crippen molar-refractivity contribution in [1.82, 2.24) is 4.31 Å². The number of sulfonamides is 1. The molecule has 21 heavy (non-hydrogen) atoms. The van der Waals surface area contributed by atoms with Crippen LogP contribution in [0.2, 0.25) is 0 Å². The van der Waals surface area contributed by atoms with E-state index in [9.17, 15) is 8.42 Å². The second kappa shape index (κ2) is 6.64. The van der Waals surface area contributed by atoms with Crippen LogP contribution in [0.1, 0.15) is 19.3 Å². The highest BCUT2D eigenvalue weighted by Crippen LogP contribution is 2.32. The van der Waals surface area contributed by atoms with E-state index >= 15 is 0 Å². The van der Waals surface area contributed by atoms with Gasteiger partial charge in [-0.3, -0.25) is 0 Å². The van der Waals surface area contributed by atoms with Gasteiger partial charge in [0.05, 0.1) is 19.1 Å². The predicted octanol–water partition coefficient (Wildman–Crippen LogP) is 1.21. The molecule has 0 spiro atoms. The van der Waals surface area contributed by atoms with Crippen LogP contribution in [-0.4, -0.2) is 46.1 Å². The molecule has 1 aromatic rings. The molecular formula is C14H22N2O4S. The van der Waals surface area contributed by atoms with Crippen LogP contribution in [0.3, 0.4) is 0 Å². The van der Waals surface area contributed by atoms with Gasteiger partial charge in [-0.2, -0.15) is 4.31 Å². The molecule has 1 aliphatic heterocycles. The zero-order valence-electron chi connectivity index (χ0n) is 12.4. The molecule has 1 aromatic carbocycles. The second-order valence-corrected chi connectivity index (χ2v) is 6.91. The molecule has 0 aliphatic carbocycles. The van der Waals surface area contributed by atoms with Crippen molar-refractivity contribution in [2.75, 3.05) is 27.3 Å². The minimum absolute atomic E-state index is 0.128. The molecule has 6 nitrogen and oxygen atoms in total. The Morgan fingerprint density at radius 2 is 1.95 bits per heavy atom. The Labute approximate surface area is 125 Å². The molecule has 1 saturated heterocycles. The Kier molecular flexibility index (Phi) is 5.08. The number of nitrogens with two attached hydrogens (primary N) is 1. The maximum Gasteiger partial charge on any atom is 0.243 e. The lowest BCUT2D eigenvalue weighted by molar-refractivity contribution is 0.257. The lowest BCUT2D eigenvalue weighted by Gasteiger charge is -2.33. The summed E-state index contributed by atoms with van der Waals surface area (Å²) in [5.74, 6) is 0.908. The largest absolute Gasteiger partial charge is 0.493 e. The van der Waals surface area contributed by atoms with Crippen LogP contribution in [0.25, 0.3) is 0 Å². The first-order chi connectivity index (χ1) is 10.0. The second-order valence-electron chi connectivity index (χ2n) is 5.02. The predicted molar refractivity (Wildman–Crippen MR) is 80.1 cm³/mol. The lowest BCUT2D eigenvalue weighted by Crippen LogP contribution is -2.47. The van der Waals surface area contributed by atoms with Crippen LogP contribution in [-0.2, 0) is 10.0 Å². The number of piperidine rings is 1. The Morgan fingerprint density at radius 1 is 1.24 bits per heavy atom. The molecule has 2 rings (SSSR count). The third kappa shape index (κ3) is 3.14. The number of hydrogen-bond donors (Lipinski definition) is 1. The van der Waals surface area contributed by atoms with Gasteiger partial charge >= 0.3 is 0 Å². The molecule has 1 aliphatic rings. The molecule has 118 valence electrons. The number of benzene rings is 1. The van der Waals surface area contributed by atoms with Crippen LogP contribution in [0.15, 0.2) is 23.1 Å². The molecule has 0 radical (unpaired) electrons. The summed E-state index contributed by atoms with van der Waals surface area (Å²) in [4.78, 5) is 0.209. The van der Waals surface area contributed by atoms with Crippen molar-refractivity contribution in [2.24, 2.45) is 5.73 Å². The van der Waals surface area contributed by atoms with E-state index in [0.717, 1.165) is 19.3 Å². The third-order valence-electron chi connectivity index (χ3n) is 3.81. The SMILES string of the molecule is COc1ccc(S(=O)(=O)N2CCCCC2CN)cc1OC. The van der Waals surface area contributed by atoms with E-state index < -0.39 is 10.0 Å². The molecule has 1 heterocycles. The van der Waals surface area contributed by atoms with Crippen LogP contribution < -0.4 is 15.2 Å². The fourth-order valence-electron chi connectivity index (χ4n) is 2.64. The summed E-state index contributed by atoms with van der Waals surface area (Å²) in [6.45, 7) is 0.852. The lowest BCUT2D eigenvalue weighted by atomic mass is 10.1. The van der Waals surface area contributed by atoms with Crippen molar-refractivity contribution in [2.45, 2.75) is 30.2 Å². The number of methoxy groups -OCH3 is 2. The van der Waals surface area contributed by atoms with Gasteiger partial charge in [-0.25, -0.2) is 8.42 Å². The summed E-state index contributed by atoms with van der Waals surface area (Å²) in [7, 11) is -0.564. The number of nitrogens with zero attached hydrogens (tertiary/aromatic N) is 1. The monoisotopic (exact) mass is 314 g/mol. The first-order valence-corrected chi connectivity index (χ1v) is 8.42. The summed E-state index contributed by atoms with van der Waals surface area (Å²) >= 11 is 0. The number of ether oxygens (including phenoxy) is 2. The van der Waals surface area contributed by atoms with Crippen LogP contribution in [0.5, 0.6) is 11.5 Å². The molecule has 7 heteroatoms. The summed E-state index contributed by atoms with van der Waals surface area (Å²) in [5.41, 5.74) is 5.72. The van der Waals surface area contributed by atoms with E-state index in [-0.39, 0.29) is 10.9 Å². The quantitative estimate of drug-likeness (QED) is 0.883. The average Bonchev–Trinajstić information content (AvgIpc) is 2.53. The minimum atomic E-state index is -3.56. The van der Waals surface area contributed by atoms with Crippen LogP contribution >= 0.6 is 0 Å². The Bertz CT molecular complexity index is 589. The van der Waals surface area contributed by atoms with Gasteiger partial charge in [0.15, 0.2) is 11.5 Å². The Morgan fingerprint density at radius 3 is 2.57 bits per heavy atom. The normalized spacial score (nSPS) is 20.2. The zero-order chi connectivity index (χ0) is 15.5. The van der Waals surface area contributed by atoms with E-state index in [4.69, 9.17) is 15.2 Å². The zero-order valence-corrected chi connectivity index (χ0v) is 13.2. The van der Waals surface area contributed by atoms with E-state index in [1.807, 2.05) is 0 Å². The van der Waals surface area contributed by atoms with Crippen molar-refractivity contribution in [3.8, 4) is 11.5 Å². The Balaban J connectivity index is 2.38. The van der Waals surface area contributed by atoms with E-state index in [1.54, 1.807) is 12.1 Å². The van der Waals surface area contributed by atoms with Crippen LogP contribution in [0, 0.1) is 0 Å². The fraction of sp³-hybridized carbons (Fsp3) is 0.571. The van der Waals surface area contributed by atoms with Crippen molar-refractivity contribution in [3.63, 3.8) is 0 Å². The van der Waals surface area contributed by atoms with Gasteiger partial charge in [0, 0.05) is 25.2 Å². The molecule has 1 fully saturated rings. The molecule has 0 bridgehead atoms. The smallest absolute Gasteiger partial charge is 0.243 e. The summed E-state index contributed by atoms with van der Waals surface area (Å²) in [6.07, 6.45) is 2.69.